The van der Waals surface area contributed by atoms with Crippen molar-refractivity contribution in [2.75, 3.05) is 46.0 Å². The number of ether oxygens (including phenoxy) is 2. The molecular formula is C18H28N2O4. The predicted octanol–water partition coefficient (Wildman–Crippen LogP) is 1.04. The summed E-state index contributed by atoms with van der Waals surface area (Å²) in [5, 5.41) is 0. The fourth-order valence-electron chi connectivity index (χ4n) is 4.39. The van der Waals surface area contributed by atoms with Gasteiger partial charge in [0.15, 0.2) is 0 Å². The van der Waals surface area contributed by atoms with E-state index in [-0.39, 0.29) is 24.0 Å². The van der Waals surface area contributed by atoms with Crippen molar-refractivity contribution in [3.05, 3.63) is 0 Å². The van der Waals surface area contributed by atoms with Crippen LogP contribution in [0.2, 0.25) is 0 Å². The van der Waals surface area contributed by atoms with Crippen LogP contribution in [0.5, 0.6) is 0 Å². The van der Waals surface area contributed by atoms with Crippen LogP contribution in [0.15, 0.2) is 0 Å². The minimum Gasteiger partial charge on any atom is -0.371 e. The molecule has 0 aromatic rings. The molecule has 0 radical (unpaired) electrons. The third kappa shape index (κ3) is 2.94. The summed E-state index contributed by atoms with van der Waals surface area (Å²) in [6.45, 7) is 4.63. The quantitative estimate of drug-likeness (QED) is 0.753. The van der Waals surface area contributed by atoms with Crippen molar-refractivity contribution in [3.8, 4) is 0 Å². The van der Waals surface area contributed by atoms with E-state index in [2.05, 4.69) is 0 Å². The third-order valence-electron chi connectivity index (χ3n) is 6.29. The Morgan fingerprint density at radius 1 is 1.04 bits per heavy atom. The molecule has 4 rings (SSSR count). The molecule has 6 heteroatoms. The molecule has 1 saturated carbocycles. The van der Waals surface area contributed by atoms with E-state index in [0.29, 0.717) is 31.5 Å². The van der Waals surface area contributed by atoms with Crippen molar-refractivity contribution in [1.29, 1.82) is 0 Å². The van der Waals surface area contributed by atoms with Gasteiger partial charge in [0.05, 0.1) is 19.7 Å². The predicted molar refractivity (Wildman–Crippen MR) is 87.3 cm³/mol. The summed E-state index contributed by atoms with van der Waals surface area (Å²) in [4.78, 5) is 28.2. The van der Waals surface area contributed by atoms with Gasteiger partial charge in [0.1, 0.15) is 12.2 Å². The Labute approximate surface area is 143 Å². The second-order valence-electron chi connectivity index (χ2n) is 7.82. The zero-order valence-electron chi connectivity index (χ0n) is 14.4. The number of carbonyl (C=O) groups excluding carboxylic acids is 2. The summed E-state index contributed by atoms with van der Waals surface area (Å²) in [5.74, 6) is 0.980. The Morgan fingerprint density at radius 3 is 2.46 bits per heavy atom. The molecule has 4 fully saturated rings. The number of nitrogens with zero attached hydrogens (tertiary/aromatic N) is 2. The molecule has 3 heterocycles. The largest absolute Gasteiger partial charge is 0.371 e. The molecule has 0 N–H and O–H groups in total. The van der Waals surface area contributed by atoms with E-state index in [0.717, 1.165) is 51.8 Å². The van der Waals surface area contributed by atoms with Gasteiger partial charge in [0, 0.05) is 31.5 Å². The van der Waals surface area contributed by atoms with Gasteiger partial charge < -0.3 is 19.3 Å². The Hall–Kier alpha value is -1.14. The van der Waals surface area contributed by atoms with Crippen molar-refractivity contribution in [3.63, 3.8) is 0 Å². The van der Waals surface area contributed by atoms with E-state index in [1.807, 2.05) is 9.80 Å². The molecule has 1 spiro atoms. The first-order chi connectivity index (χ1) is 11.7. The van der Waals surface area contributed by atoms with Crippen LogP contribution in [0.4, 0.5) is 0 Å². The molecule has 3 saturated heterocycles. The van der Waals surface area contributed by atoms with Gasteiger partial charge >= 0.3 is 0 Å². The molecule has 0 aromatic carbocycles. The maximum absolute atomic E-state index is 12.3. The number of likely N-dealkylation sites (tertiary alicyclic amines) is 2. The van der Waals surface area contributed by atoms with Crippen molar-refractivity contribution in [1.82, 2.24) is 9.80 Å². The average Bonchev–Trinajstić information content (AvgIpc) is 3.13. The van der Waals surface area contributed by atoms with Crippen LogP contribution in [0.25, 0.3) is 0 Å². The SMILES string of the molecule is O=C(COC[C@@H]1CCOC12CN(C(=O)C1CCC1)C2)N1CCCC1. The van der Waals surface area contributed by atoms with Crippen LogP contribution in [0.3, 0.4) is 0 Å². The van der Waals surface area contributed by atoms with Crippen LogP contribution >= 0.6 is 0 Å². The van der Waals surface area contributed by atoms with Crippen molar-refractivity contribution in [2.45, 2.75) is 44.1 Å². The summed E-state index contributed by atoms with van der Waals surface area (Å²) >= 11 is 0. The van der Waals surface area contributed by atoms with Gasteiger partial charge in [-0.1, -0.05) is 6.42 Å². The normalized spacial score (nSPS) is 28.9. The molecule has 134 valence electrons. The van der Waals surface area contributed by atoms with Crippen LogP contribution in [0.1, 0.15) is 38.5 Å². The minimum atomic E-state index is -0.212. The van der Waals surface area contributed by atoms with Crippen molar-refractivity contribution in [2.24, 2.45) is 11.8 Å². The van der Waals surface area contributed by atoms with Gasteiger partial charge in [0.25, 0.3) is 0 Å². The average molecular weight is 336 g/mol. The van der Waals surface area contributed by atoms with E-state index < -0.39 is 0 Å². The maximum atomic E-state index is 12.3. The van der Waals surface area contributed by atoms with Gasteiger partial charge in [-0.05, 0) is 32.1 Å². The second-order valence-corrected chi connectivity index (χ2v) is 7.82. The molecule has 0 bridgehead atoms. The number of amides is 2. The molecule has 6 nitrogen and oxygen atoms in total. The highest BCUT2D eigenvalue weighted by atomic mass is 16.5. The fraction of sp³-hybridized carbons (Fsp3) is 0.889. The van der Waals surface area contributed by atoms with Gasteiger partial charge in [-0.3, -0.25) is 9.59 Å². The Balaban J connectivity index is 1.22. The highest BCUT2D eigenvalue weighted by molar-refractivity contribution is 5.80. The summed E-state index contributed by atoms with van der Waals surface area (Å²) in [6, 6.07) is 0. The summed E-state index contributed by atoms with van der Waals surface area (Å²) < 4.78 is 11.7. The molecule has 4 aliphatic rings. The van der Waals surface area contributed by atoms with Crippen LogP contribution < -0.4 is 0 Å². The van der Waals surface area contributed by atoms with Crippen molar-refractivity contribution < 1.29 is 19.1 Å². The summed E-state index contributed by atoms with van der Waals surface area (Å²) in [6.07, 6.45) is 6.46. The number of carbonyl (C=O) groups is 2. The highest BCUT2D eigenvalue weighted by Gasteiger charge is 2.55. The zero-order chi connectivity index (χ0) is 16.6. The Bertz CT molecular complexity index is 493. The van der Waals surface area contributed by atoms with Crippen LogP contribution in [0, 0.1) is 11.8 Å². The van der Waals surface area contributed by atoms with Gasteiger partial charge in [-0.25, -0.2) is 0 Å². The number of hydrogen-bond donors (Lipinski definition) is 0. The molecular weight excluding hydrogens is 308 g/mol. The van der Waals surface area contributed by atoms with E-state index in [1.165, 1.54) is 6.42 Å². The Morgan fingerprint density at radius 2 is 1.79 bits per heavy atom. The van der Waals surface area contributed by atoms with Crippen LogP contribution in [-0.4, -0.2) is 73.2 Å². The van der Waals surface area contributed by atoms with Gasteiger partial charge in [0.2, 0.25) is 11.8 Å². The lowest BCUT2D eigenvalue weighted by Crippen LogP contribution is -2.67. The number of hydrogen-bond acceptors (Lipinski definition) is 4. The molecule has 3 aliphatic heterocycles. The molecule has 1 atom stereocenters. The fourth-order valence-corrected chi connectivity index (χ4v) is 4.39. The van der Waals surface area contributed by atoms with Crippen molar-refractivity contribution >= 4 is 11.8 Å². The summed E-state index contributed by atoms with van der Waals surface area (Å²) in [7, 11) is 0. The standard InChI is InChI=1S/C18H28N2O4/c21-16(19-7-1-2-8-19)11-23-10-15-6-9-24-18(15)12-20(13-18)17(22)14-4-3-5-14/h14-15H,1-13H2/t15-/m0/s1. The van der Waals surface area contributed by atoms with E-state index in [9.17, 15) is 9.59 Å². The highest BCUT2D eigenvalue weighted by Crippen LogP contribution is 2.42. The lowest BCUT2D eigenvalue weighted by molar-refractivity contribution is -0.174. The second kappa shape index (κ2) is 6.64. The van der Waals surface area contributed by atoms with E-state index in [4.69, 9.17) is 9.47 Å². The molecule has 2 amide bonds. The molecule has 1 aliphatic carbocycles. The first kappa shape index (κ1) is 16.3. The van der Waals surface area contributed by atoms with Gasteiger partial charge in [-0.15, -0.1) is 0 Å². The first-order valence-electron chi connectivity index (χ1n) is 9.46. The Kier molecular flexibility index (Phi) is 4.52. The minimum absolute atomic E-state index is 0.107. The monoisotopic (exact) mass is 336 g/mol. The molecule has 0 unspecified atom stereocenters. The first-order valence-corrected chi connectivity index (χ1v) is 9.46. The lowest BCUT2D eigenvalue weighted by Gasteiger charge is -2.51. The maximum Gasteiger partial charge on any atom is 0.248 e. The molecule has 24 heavy (non-hydrogen) atoms. The number of rotatable bonds is 5. The summed E-state index contributed by atoms with van der Waals surface area (Å²) in [5.41, 5.74) is -0.212. The smallest absolute Gasteiger partial charge is 0.248 e. The van der Waals surface area contributed by atoms with E-state index >= 15 is 0 Å². The van der Waals surface area contributed by atoms with Crippen LogP contribution in [-0.2, 0) is 19.1 Å². The lowest BCUT2D eigenvalue weighted by atomic mass is 9.78. The van der Waals surface area contributed by atoms with Gasteiger partial charge in [-0.2, -0.15) is 0 Å². The topological polar surface area (TPSA) is 59.1 Å². The zero-order valence-corrected chi connectivity index (χ0v) is 14.4. The third-order valence-corrected chi connectivity index (χ3v) is 6.29. The molecule has 0 aromatic heterocycles. The van der Waals surface area contributed by atoms with E-state index in [1.54, 1.807) is 0 Å².